The molecule has 1 amide bonds. The third-order valence-corrected chi connectivity index (χ3v) is 7.40. The molecule has 0 aromatic carbocycles. The maximum atomic E-state index is 12.2. The minimum Gasteiger partial charge on any atom is -0.351 e. The molecule has 1 aliphatic carbocycles. The lowest BCUT2D eigenvalue weighted by molar-refractivity contribution is -0.123. The zero-order valence-electron chi connectivity index (χ0n) is 14.0. The van der Waals surface area contributed by atoms with Crippen molar-refractivity contribution in [1.29, 1.82) is 0 Å². The van der Waals surface area contributed by atoms with Gasteiger partial charge in [-0.25, -0.2) is 8.42 Å². The van der Waals surface area contributed by atoms with Crippen LogP contribution in [0.1, 0.15) is 38.5 Å². The molecule has 2 heterocycles. The fraction of sp³-hybridized carbons (Fsp3) is 0.938. The summed E-state index contributed by atoms with van der Waals surface area (Å²) in [5.41, 5.74) is 0. The zero-order chi connectivity index (χ0) is 16.4. The van der Waals surface area contributed by atoms with Crippen molar-refractivity contribution in [3.05, 3.63) is 0 Å². The first kappa shape index (κ1) is 17.2. The molecule has 2 saturated heterocycles. The second-order valence-corrected chi connectivity index (χ2v) is 9.69. The van der Waals surface area contributed by atoms with E-state index >= 15 is 0 Å². The number of carbonyl (C=O) groups is 1. The Morgan fingerprint density at radius 3 is 2.61 bits per heavy atom. The maximum absolute atomic E-state index is 12.2. The summed E-state index contributed by atoms with van der Waals surface area (Å²) >= 11 is 0. The summed E-state index contributed by atoms with van der Waals surface area (Å²) < 4.78 is 23.1. The molecule has 1 saturated carbocycles. The lowest BCUT2D eigenvalue weighted by Crippen LogP contribution is -2.45. The molecule has 6 nitrogen and oxygen atoms in total. The average molecular weight is 343 g/mol. The van der Waals surface area contributed by atoms with Crippen LogP contribution in [0.4, 0.5) is 0 Å². The van der Waals surface area contributed by atoms with Crippen molar-refractivity contribution in [2.45, 2.75) is 56.7 Å². The fourth-order valence-corrected chi connectivity index (χ4v) is 6.06. The number of carbonyl (C=O) groups excluding carboxylic acids is 1. The molecule has 3 aliphatic rings. The normalized spacial score (nSPS) is 31.9. The van der Waals surface area contributed by atoms with Crippen LogP contribution in [0.2, 0.25) is 0 Å². The molecule has 0 radical (unpaired) electrons. The van der Waals surface area contributed by atoms with Gasteiger partial charge in [0.1, 0.15) is 0 Å². The summed E-state index contributed by atoms with van der Waals surface area (Å²) in [7, 11) is -1.04. The van der Waals surface area contributed by atoms with E-state index < -0.39 is 9.84 Å². The van der Waals surface area contributed by atoms with E-state index in [1.165, 1.54) is 25.7 Å². The van der Waals surface area contributed by atoms with Crippen molar-refractivity contribution < 1.29 is 13.2 Å². The van der Waals surface area contributed by atoms with E-state index in [1.54, 1.807) is 0 Å². The van der Waals surface area contributed by atoms with Gasteiger partial charge in [0.2, 0.25) is 5.91 Å². The van der Waals surface area contributed by atoms with Crippen LogP contribution in [0.5, 0.6) is 0 Å². The highest BCUT2D eigenvalue weighted by molar-refractivity contribution is 7.91. The molecule has 2 aliphatic heterocycles. The van der Waals surface area contributed by atoms with Crippen LogP contribution in [-0.2, 0) is 14.6 Å². The van der Waals surface area contributed by atoms with Crippen LogP contribution in [0, 0.1) is 0 Å². The number of nitrogens with one attached hydrogen (secondary N) is 1. The molecule has 23 heavy (non-hydrogen) atoms. The Balaban J connectivity index is 1.41. The van der Waals surface area contributed by atoms with E-state index in [9.17, 15) is 13.2 Å². The number of hydrogen-bond acceptors (Lipinski definition) is 5. The molecule has 132 valence electrons. The Kier molecular flexibility index (Phi) is 5.28. The van der Waals surface area contributed by atoms with E-state index in [4.69, 9.17) is 0 Å². The molecule has 7 heteroatoms. The van der Waals surface area contributed by atoms with Crippen molar-refractivity contribution in [1.82, 2.24) is 15.1 Å². The monoisotopic (exact) mass is 343 g/mol. The van der Waals surface area contributed by atoms with Gasteiger partial charge in [0, 0.05) is 31.2 Å². The van der Waals surface area contributed by atoms with Crippen molar-refractivity contribution >= 4 is 15.7 Å². The largest absolute Gasteiger partial charge is 0.351 e. The van der Waals surface area contributed by atoms with Gasteiger partial charge in [0.05, 0.1) is 18.1 Å². The summed E-state index contributed by atoms with van der Waals surface area (Å²) in [4.78, 5) is 16.7. The smallest absolute Gasteiger partial charge is 0.234 e. The third-order valence-electron chi connectivity index (χ3n) is 5.65. The van der Waals surface area contributed by atoms with Crippen molar-refractivity contribution in [2.75, 3.05) is 38.2 Å². The van der Waals surface area contributed by atoms with Gasteiger partial charge in [0.25, 0.3) is 0 Å². The predicted molar refractivity (Wildman–Crippen MR) is 90.1 cm³/mol. The Hall–Kier alpha value is -0.660. The molecule has 0 bridgehead atoms. The van der Waals surface area contributed by atoms with E-state index in [2.05, 4.69) is 10.2 Å². The van der Waals surface area contributed by atoms with Crippen LogP contribution in [0.15, 0.2) is 0 Å². The molecule has 3 fully saturated rings. The van der Waals surface area contributed by atoms with Gasteiger partial charge < -0.3 is 5.32 Å². The Morgan fingerprint density at radius 1 is 1.22 bits per heavy atom. The Labute approximate surface area is 139 Å². The molecule has 1 N–H and O–H groups in total. The van der Waals surface area contributed by atoms with Gasteiger partial charge in [-0.15, -0.1) is 0 Å². The van der Waals surface area contributed by atoms with Crippen LogP contribution in [-0.4, -0.2) is 80.4 Å². The zero-order valence-corrected chi connectivity index (χ0v) is 14.9. The lowest BCUT2D eigenvalue weighted by Gasteiger charge is -2.25. The number of likely N-dealkylation sites (N-methyl/N-ethyl adjacent to an activating group) is 1. The van der Waals surface area contributed by atoms with Gasteiger partial charge in [-0.2, -0.15) is 0 Å². The second kappa shape index (κ2) is 7.07. The highest BCUT2D eigenvalue weighted by Crippen LogP contribution is 2.26. The van der Waals surface area contributed by atoms with E-state index in [1.807, 2.05) is 11.9 Å². The molecular weight excluding hydrogens is 314 g/mol. The first-order chi connectivity index (χ1) is 10.9. The van der Waals surface area contributed by atoms with Gasteiger partial charge >= 0.3 is 0 Å². The molecule has 2 atom stereocenters. The predicted octanol–water partition coefficient (Wildman–Crippen LogP) is 0.238. The number of sulfone groups is 1. The molecule has 0 spiro atoms. The van der Waals surface area contributed by atoms with Gasteiger partial charge in [-0.05, 0) is 32.7 Å². The van der Waals surface area contributed by atoms with Gasteiger partial charge in [-0.3, -0.25) is 14.6 Å². The highest BCUT2D eigenvalue weighted by Gasteiger charge is 2.33. The van der Waals surface area contributed by atoms with Crippen molar-refractivity contribution in [3.63, 3.8) is 0 Å². The van der Waals surface area contributed by atoms with Crippen LogP contribution < -0.4 is 5.32 Å². The minimum atomic E-state index is -2.90. The summed E-state index contributed by atoms with van der Waals surface area (Å²) in [5.74, 6) is 0.466. The fourth-order valence-electron chi connectivity index (χ4n) is 4.26. The Morgan fingerprint density at radius 2 is 1.96 bits per heavy atom. The summed E-state index contributed by atoms with van der Waals surface area (Å²) in [6.45, 7) is 2.35. The quantitative estimate of drug-likeness (QED) is 0.774. The average Bonchev–Trinajstić information content (AvgIpc) is 3.18. The van der Waals surface area contributed by atoms with Crippen molar-refractivity contribution in [2.24, 2.45) is 0 Å². The topological polar surface area (TPSA) is 69.7 Å². The van der Waals surface area contributed by atoms with Gasteiger partial charge in [0.15, 0.2) is 9.84 Å². The lowest BCUT2D eigenvalue weighted by atomic mass is 10.2. The Bertz CT molecular complexity index is 531. The summed E-state index contributed by atoms with van der Waals surface area (Å²) in [5, 5.41) is 3.14. The number of likely N-dealkylation sites (tertiary alicyclic amines) is 1. The summed E-state index contributed by atoms with van der Waals surface area (Å²) in [6, 6.07) is 0.969. The molecular formula is C16H29N3O3S. The highest BCUT2D eigenvalue weighted by atomic mass is 32.2. The molecule has 0 aromatic heterocycles. The molecule has 0 aromatic rings. The summed E-state index contributed by atoms with van der Waals surface area (Å²) in [6.07, 6.45) is 6.97. The molecule has 2 unspecified atom stereocenters. The van der Waals surface area contributed by atoms with Crippen LogP contribution in [0.3, 0.4) is 0 Å². The third kappa shape index (κ3) is 4.45. The second-order valence-electron chi connectivity index (χ2n) is 7.46. The molecule has 3 rings (SSSR count). The van der Waals surface area contributed by atoms with Gasteiger partial charge in [-0.1, -0.05) is 12.8 Å². The van der Waals surface area contributed by atoms with Crippen molar-refractivity contribution in [3.8, 4) is 0 Å². The van der Waals surface area contributed by atoms with E-state index in [0.717, 1.165) is 25.6 Å². The van der Waals surface area contributed by atoms with Crippen LogP contribution >= 0.6 is 0 Å². The van der Waals surface area contributed by atoms with E-state index in [0.29, 0.717) is 13.0 Å². The number of hydrogen-bond donors (Lipinski definition) is 1. The SMILES string of the molecule is CN(CC(=O)NC1CCN(C2CCCC2)C1)C1CCS(=O)(=O)C1. The number of rotatable bonds is 5. The first-order valence-electron chi connectivity index (χ1n) is 8.87. The number of amides is 1. The maximum Gasteiger partial charge on any atom is 0.234 e. The standard InChI is InChI=1S/C16H29N3O3S/c1-18(15-7-9-23(21,22)12-15)11-16(20)17-13-6-8-19(10-13)14-4-2-3-5-14/h13-15H,2-12H2,1H3,(H,17,20). The number of nitrogens with zero attached hydrogens (tertiary/aromatic N) is 2. The van der Waals surface area contributed by atoms with Crippen LogP contribution in [0.25, 0.3) is 0 Å². The van der Waals surface area contributed by atoms with E-state index in [-0.39, 0.29) is 29.5 Å². The first-order valence-corrected chi connectivity index (χ1v) is 10.7. The minimum absolute atomic E-state index is 0.00989.